The van der Waals surface area contributed by atoms with Crippen LogP contribution in [0.15, 0.2) is 30.3 Å². The Morgan fingerprint density at radius 2 is 1.70 bits per heavy atom. The Kier molecular flexibility index (Phi) is 9.18. The van der Waals surface area contributed by atoms with Crippen LogP contribution in [-0.2, 0) is 31.6 Å². The summed E-state index contributed by atoms with van der Waals surface area (Å²) in [6, 6.07) is 7.08. The fourth-order valence-electron chi connectivity index (χ4n) is 5.45. The summed E-state index contributed by atoms with van der Waals surface area (Å²) in [4.78, 5) is 14.7. The molecule has 234 valence electrons. The van der Waals surface area contributed by atoms with Gasteiger partial charge in [-0.15, -0.1) is 0 Å². The van der Waals surface area contributed by atoms with Crippen molar-refractivity contribution in [2.45, 2.75) is 110 Å². The van der Waals surface area contributed by atoms with E-state index in [0.717, 1.165) is 36.0 Å². The van der Waals surface area contributed by atoms with Crippen molar-refractivity contribution in [2.24, 2.45) is 0 Å². The summed E-state index contributed by atoms with van der Waals surface area (Å²) in [6.45, 7) is 15.6. The minimum absolute atomic E-state index is 0.00193. The van der Waals surface area contributed by atoms with E-state index in [0.29, 0.717) is 18.5 Å². The minimum atomic E-state index is -4.66. The highest BCUT2D eigenvalue weighted by Gasteiger charge is 2.52. The Bertz CT molecular complexity index is 1360. The number of nitrogens with zero attached hydrogens (tertiary/aromatic N) is 1. The van der Waals surface area contributed by atoms with Gasteiger partial charge in [-0.3, -0.25) is 9.69 Å². The SMILES string of the molecule is Cc1c(/C=C/c2cc(O)c(CN3CCCC[C@H]3C(=O)OC(C)(C)C)cc2C(F)(F)F)cccc1B1OC(C)(C)C(C)(C)O1. The maximum absolute atomic E-state index is 14.3. The molecule has 2 aliphatic heterocycles. The molecule has 4 rings (SSSR count). The second-order valence-corrected chi connectivity index (χ2v) is 13.6. The quantitative estimate of drug-likeness (QED) is 0.221. The maximum atomic E-state index is 14.3. The molecule has 2 aromatic carbocycles. The van der Waals surface area contributed by atoms with Crippen molar-refractivity contribution in [3.8, 4) is 5.75 Å². The molecule has 6 nitrogen and oxygen atoms in total. The van der Waals surface area contributed by atoms with E-state index in [1.165, 1.54) is 6.08 Å². The normalized spacial score (nSPS) is 21.0. The lowest BCUT2D eigenvalue weighted by molar-refractivity contribution is -0.163. The van der Waals surface area contributed by atoms with Gasteiger partial charge in [0.25, 0.3) is 0 Å². The number of phenolic OH excluding ortho intramolecular Hbond substituents is 1. The third-order valence-corrected chi connectivity index (χ3v) is 8.59. The number of rotatable bonds is 6. The van der Waals surface area contributed by atoms with Gasteiger partial charge in [-0.1, -0.05) is 36.8 Å². The van der Waals surface area contributed by atoms with E-state index in [4.69, 9.17) is 14.0 Å². The molecule has 2 heterocycles. The molecule has 2 saturated heterocycles. The number of carbonyl (C=O) groups is 1. The predicted octanol–water partition coefficient (Wildman–Crippen LogP) is 6.89. The second-order valence-electron chi connectivity index (χ2n) is 13.6. The molecule has 0 bridgehead atoms. The second kappa shape index (κ2) is 11.9. The van der Waals surface area contributed by atoms with E-state index in [1.807, 2.05) is 52.8 Å². The van der Waals surface area contributed by atoms with Gasteiger partial charge in [0.2, 0.25) is 0 Å². The van der Waals surface area contributed by atoms with Gasteiger partial charge in [0.15, 0.2) is 0 Å². The summed E-state index contributed by atoms with van der Waals surface area (Å²) in [5.41, 5.74) is -0.311. The van der Waals surface area contributed by atoms with Crippen LogP contribution in [-0.4, -0.2) is 52.5 Å². The molecular weight excluding hydrogens is 558 g/mol. The molecule has 10 heteroatoms. The summed E-state index contributed by atoms with van der Waals surface area (Å²) in [5.74, 6) is -0.663. The molecule has 0 radical (unpaired) electrons. The molecular formula is C33H43BF3NO5. The zero-order valence-corrected chi connectivity index (χ0v) is 26.4. The summed E-state index contributed by atoms with van der Waals surface area (Å²) in [5, 5.41) is 10.9. The van der Waals surface area contributed by atoms with Crippen LogP contribution in [0.5, 0.6) is 5.75 Å². The highest BCUT2D eigenvalue weighted by molar-refractivity contribution is 6.62. The first-order valence-electron chi connectivity index (χ1n) is 14.8. The van der Waals surface area contributed by atoms with E-state index >= 15 is 0 Å². The van der Waals surface area contributed by atoms with E-state index in [9.17, 15) is 23.1 Å². The average molecular weight is 602 g/mol. The first kappa shape index (κ1) is 33.1. The third kappa shape index (κ3) is 7.47. The largest absolute Gasteiger partial charge is 0.508 e. The molecule has 1 atom stereocenters. The average Bonchev–Trinajstić information content (AvgIpc) is 3.09. The predicted molar refractivity (Wildman–Crippen MR) is 163 cm³/mol. The number of esters is 1. The molecule has 1 N–H and O–H groups in total. The van der Waals surface area contributed by atoms with Gasteiger partial charge in [0.1, 0.15) is 17.4 Å². The van der Waals surface area contributed by atoms with E-state index < -0.39 is 47.7 Å². The topological polar surface area (TPSA) is 68.2 Å². The van der Waals surface area contributed by atoms with Crippen molar-refractivity contribution in [1.82, 2.24) is 4.90 Å². The molecule has 2 fully saturated rings. The van der Waals surface area contributed by atoms with Crippen molar-refractivity contribution < 1.29 is 37.1 Å². The number of aromatic hydroxyl groups is 1. The van der Waals surface area contributed by atoms with Crippen LogP contribution in [0, 0.1) is 6.92 Å². The van der Waals surface area contributed by atoms with Gasteiger partial charge in [0.05, 0.1) is 16.8 Å². The summed E-state index contributed by atoms with van der Waals surface area (Å²) < 4.78 is 60.9. The van der Waals surface area contributed by atoms with Crippen LogP contribution < -0.4 is 5.46 Å². The van der Waals surface area contributed by atoms with Crippen molar-refractivity contribution in [3.05, 3.63) is 58.1 Å². The van der Waals surface area contributed by atoms with E-state index in [-0.39, 0.29) is 23.4 Å². The molecule has 0 unspecified atom stereocenters. The number of hydrogen-bond donors (Lipinski definition) is 1. The molecule has 0 aromatic heterocycles. The zero-order valence-electron chi connectivity index (χ0n) is 26.4. The van der Waals surface area contributed by atoms with Crippen LogP contribution in [0.25, 0.3) is 12.2 Å². The minimum Gasteiger partial charge on any atom is -0.508 e. The number of phenols is 1. The van der Waals surface area contributed by atoms with Crippen molar-refractivity contribution in [2.75, 3.05) is 6.54 Å². The lowest BCUT2D eigenvalue weighted by atomic mass is 9.75. The monoisotopic (exact) mass is 601 g/mol. The summed E-state index contributed by atoms with van der Waals surface area (Å²) >= 11 is 0. The van der Waals surface area contributed by atoms with Crippen molar-refractivity contribution in [3.63, 3.8) is 0 Å². The molecule has 2 aliphatic rings. The lowest BCUT2D eigenvalue weighted by Gasteiger charge is -2.36. The van der Waals surface area contributed by atoms with Gasteiger partial charge in [-0.2, -0.15) is 13.2 Å². The number of likely N-dealkylation sites (tertiary alicyclic amines) is 1. The molecule has 0 amide bonds. The van der Waals surface area contributed by atoms with Crippen LogP contribution in [0.1, 0.15) is 95.5 Å². The Labute approximate surface area is 253 Å². The number of carbonyl (C=O) groups excluding carboxylic acids is 1. The number of piperidine rings is 1. The van der Waals surface area contributed by atoms with Crippen LogP contribution in [0.4, 0.5) is 13.2 Å². The van der Waals surface area contributed by atoms with Crippen LogP contribution in [0.3, 0.4) is 0 Å². The van der Waals surface area contributed by atoms with Gasteiger partial charge < -0.3 is 19.2 Å². The highest BCUT2D eigenvalue weighted by Crippen LogP contribution is 2.39. The number of ether oxygens (including phenoxy) is 1. The summed E-state index contributed by atoms with van der Waals surface area (Å²) in [7, 11) is -0.605. The Morgan fingerprint density at radius 1 is 1.07 bits per heavy atom. The fourth-order valence-corrected chi connectivity index (χ4v) is 5.45. The van der Waals surface area contributed by atoms with Crippen molar-refractivity contribution >= 4 is 30.7 Å². The Morgan fingerprint density at radius 3 is 2.30 bits per heavy atom. The first-order chi connectivity index (χ1) is 19.8. The summed E-state index contributed by atoms with van der Waals surface area (Å²) in [6.07, 6.45) is 0.488. The smallest absolute Gasteiger partial charge is 0.495 e. The molecule has 0 aliphatic carbocycles. The fraction of sp³-hybridized carbons (Fsp3) is 0.545. The Hall–Kier alpha value is -2.82. The molecule has 0 spiro atoms. The zero-order chi connectivity index (χ0) is 32.0. The van der Waals surface area contributed by atoms with Gasteiger partial charge in [0, 0.05) is 12.1 Å². The first-order valence-corrected chi connectivity index (χ1v) is 14.8. The van der Waals surface area contributed by atoms with Gasteiger partial charge in [-0.25, -0.2) is 0 Å². The number of alkyl halides is 3. The molecule has 2 aromatic rings. The van der Waals surface area contributed by atoms with Gasteiger partial charge >= 0.3 is 19.3 Å². The number of benzene rings is 2. The Balaban J connectivity index is 1.62. The van der Waals surface area contributed by atoms with Crippen LogP contribution >= 0.6 is 0 Å². The molecule has 43 heavy (non-hydrogen) atoms. The third-order valence-electron chi connectivity index (χ3n) is 8.59. The number of hydrogen-bond acceptors (Lipinski definition) is 6. The van der Waals surface area contributed by atoms with Gasteiger partial charge in [-0.05, 0) is 109 Å². The maximum Gasteiger partial charge on any atom is 0.495 e. The number of halogens is 3. The van der Waals surface area contributed by atoms with Crippen molar-refractivity contribution in [1.29, 1.82) is 0 Å². The van der Waals surface area contributed by atoms with E-state index in [2.05, 4.69) is 0 Å². The highest BCUT2D eigenvalue weighted by atomic mass is 19.4. The molecule has 0 saturated carbocycles. The van der Waals surface area contributed by atoms with E-state index in [1.54, 1.807) is 31.7 Å². The van der Waals surface area contributed by atoms with Crippen LogP contribution in [0.2, 0.25) is 0 Å². The standard InChI is InChI=1S/C33H43BF3NO5/c1-21-22(12-11-13-26(21)34-42-31(5,6)32(7,8)43-34)15-16-23-19-28(39)24(18-25(23)33(35,36)37)20-38-17-10-9-14-27(38)29(40)41-30(2,3)4/h11-13,15-16,18-19,27,39H,9-10,14,17,20H2,1-8H3/b16-15+/t27-/m0/s1. The lowest BCUT2D eigenvalue weighted by Crippen LogP contribution is -2.46.